The summed E-state index contributed by atoms with van der Waals surface area (Å²) in [6.45, 7) is 18.7. The van der Waals surface area contributed by atoms with Gasteiger partial charge in [0.1, 0.15) is 0 Å². The molecule has 0 heteroatoms. The van der Waals surface area contributed by atoms with Gasteiger partial charge in [-0.25, -0.2) is 0 Å². The lowest BCUT2D eigenvalue weighted by Crippen LogP contribution is -2.33. The van der Waals surface area contributed by atoms with Crippen molar-refractivity contribution in [2.75, 3.05) is 0 Å². The molecule has 78 heavy (non-hydrogen) atoms. The third kappa shape index (κ3) is 9.62. The summed E-state index contributed by atoms with van der Waals surface area (Å²) in [5.74, 6) is 0.891. The van der Waals surface area contributed by atoms with E-state index in [1.165, 1.54) is 141 Å². The highest BCUT2D eigenvalue weighted by Gasteiger charge is 2.57. The highest BCUT2D eigenvalue weighted by atomic mass is 14.6. The molecule has 0 bridgehead atoms. The van der Waals surface area contributed by atoms with Crippen molar-refractivity contribution in [3.8, 4) is 33.4 Å². The third-order valence-electron chi connectivity index (χ3n) is 16.4. The van der Waals surface area contributed by atoms with E-state index in [4.69, 9.17) is 0 Å². The average molecular weight is 1010 g/mol. The molecule has 10 aromatic rings. The zero-order chi connectivity index (χ0) is 54.3. The van der Waals surface area contributed by atoms with Crippen LogP contribution in [0.15, 0.2) is 225 Å². The molecule has 0 N–H and O–H groups in total. The highest BCUT2D eigenvalue weighted by Crippen LogP contribution is 2.65. The Morgan fingerprint density at radius 1 is 0.397 bits per heavy atom. The SMILES string of the molecule is CC.CC.CC.Cc1cc(-c2ccc3ccccc3c2)cc(-c2ccc3ccccc3c2)c1.Cc1ccc2c3c(c4c(c2c1)C=CCC4)CCC=C3.Cc1cccc2c1C1(c3ccccc3-c3ccccc31)C1C=CC=CC21. The van der Waals surface area contributed by atoms with Crippen molar-refractivity contribution in [2.45, 2.75) is 99.3 Å². The Kier molecular flexibility index (Phi) is 16.2. The summed E-state index contributed by atoms with van der Waals surface area (Å²) in [6, 6.07) is 69.2. The minimum atomic E-state index is -0.0697. The van der Waals surface area contributed by atoms with Crippen LogP contribution >= 0.6 is 0 Å². The number of aryl methyl sites for hydroxylation is 3. The van der Waals surface area contributed by atoms with Gasteiger partial charge in [-0.2, -0.15) is 0 Å². The van der Waals surface area contributed by atoms with E-state index in [0.29, 0.717) is 11.8 Å². The molecule has 0 radical (unpaired) electrons. The molecule has 0 saturated heterocycles. The Balaban J connectivity index is 0.000000128. The molecule has 0 fully saturated rings. The number of hydrogen-bond donors (Lipinski definition) is 0. The van der Waals surface area contributed by atoms with Crippen LogP contribution in [0, 0.1) is 26.7 Å². The lowest BCUT2D eigenvalue weighted by molar-refractivity contribution is 0.464. The van der Waals surface area contributed by atoms with Crippen LogP contribution in [0.1, 0.15) is 121 Å². The zero-order valence-electron chi connectivity index (χ0n) is 47.5. The average Bonchev–Trinajstić information content (AvgIpc) is 3.83. The highest BCUT2D eigenvalue weighted by molar-refractivity contribution is 6.00. The normalized spacial score (nSPS) is 15.7. The van der Waals surface area contributed by atoms with Crippen LogP contribution in [0.3, 0.4) is 0 Å². The van der Waals surface area contributed by atoms with E-state index < -0.39 is 0 Å². The van der Waals surface area contributed by atoms with Crippen molar-refractivity contribution >= 4 is 44.5 Å². The molecular weight excluding hydrogens is 937 g/mol. The molecule has 0 aromatic heterocycles. The Morgan fingerprint density at radius 3 is 1.49 bits per heavy atom. The fourth-order valence-electron chi connectivity index (χ4n) is 13.3. The maximum absolute atomic E-state index is 2.45. The van der Waals surface area contributed by atoms with Crippen molar-refractivity contribution in [2.24, 2.45) is 5.92 Å². The summed E-state index contributed by atoms with van der Waals surface area (Å²) in [4.78, 5) is 0. The van der Waals surface area contributed by atoms with Crippen molar-refractivity contribution in [1.29, 1.82) is 0 Å². The fraction of sp³-hybridized carbons (Fsp3) is 0.205. The van der Waals surface area contributed by atoms with Gasteiger partial charge in [0.2, 0.25) is 0 Å². The summed E-state index contributed by atoms with van der Waals surface area (Å²) in [7, 11) is 0. The first-order chi connectivity index (χ1) is 38.4. The van der Waals surface area contributed by atoms with Gasteiger partial charge in [-0.3, -0.25) is 0 Å². The van der Waals surface area contributed by atoms with E-state index in [2.05, 4.69) is 257 Å². The van der Waals surface area contributed by atoms with Gasteiger partial charge in [0.25, 0.3) is 0 Å². The first-order valence-electron chi connectivity index (χ1n) is 29.1. The topological polar surface area (TPSA) is 0 Å². The summed E-state index contributed by atoms with van der Waals surface area (Å²) in [5.41, 5.74) is 24.0. The van der Waals surface area contributed by atoms with Gasteiger partial charge in [-0.1, -0.05) is 266 Å². The van der Waals surface area contributed by atoms with Crippen LogP contribution in [0.5, 0.6) is 0 Å². The molecule has 15 rings (SSSR count). The van der Waals surface area contributed by atoms with Crippen molar-refractivity contribution in [3.05, 3.63) is 286 Å². The molecule has 0 heterocycles. The summed E-state index contributed by atoms with van der Waals surface area (Å²) in [5, 5.41) is 8.00. The van der Waals surface area contributed by atoms with Crippen molar-refractivity contribution in [3.63, 3.8) is 0 Å². The minimum absolute atomic E-state index is 0.0697. The Labute approximate surface area is 466 Å². The van der Waals surface area contributed by atoms with Gasteiger partial charge in [-0.15, -0.1) is 0 Å². The second-order valence-corrected chi connectivity index (χ2v) is 20.7. The molecule has 388 valence electrons. The predicted molar refractivity (Wildman–Crippen MR) is 342 cm³/mol. The lowest BCUT2D eigenvalue weighted by Gasteiger charge is -2.36. The molecule has 0 nitrogen and oxygen atoms in total. The molecule has 0 amide bonds. The summed E-state index contributed by atoms with van der Waals surface area (Å²) >= 11 is 0. The Morgan fingerprint density at radius 2 is 0.910 bits per heavy atom. The van der Waals surface area contributed by atoms with E-state index >= 15 is 0 Å². The molecule has 5 aliphatic rings. The van der Waals surface area contributed by atoms with Crippen molar-refractivity contribution in [1.82, 2.24) is 0 Å². The molecule has 0 aliphatic heterocycles. The van der Waals surface area contributed by atoms with Gasteiger partial charge < -0.3 is 0 Å². The number of rotatable bonds is 2. The van der Waals surface area contributed by atoms with Gasteiger partial charge in [-0.05, 0) is 186 Å². The Bertz CT molecular complexity index is 3780. The molecule has 5 aliphatic carbocycles. The number of benzene rings is 10. The summed E-state index contributed by atoms with van der Waals surface area (Å²) in [6.07, 6.45) is 23.5. The standard InChI is InChI=1S/C27H20.C26H20.C19H18.3C2H6/c1-19-14-26(24-12-10-20-6-2-4-8-22(20)16-24)18-27(15-19)25-13-11-21-7-3-5-9-23(21)17-25;1-17-9-8-13-21-20-12-4-7-16-24(20)26(25(17)21)22-14-5-2-10-18(22)19-11-3-6-15-23(19)26;1-13-10-11-18-16-8-3-2-6-14(16)15-7-4-5-9-17(15)19(18)12-13;3*1-2/h2-18H,1H3;2-16,20,24H,1H3;3,5,8-12H,2,4,6-7H2,1H3;3*1-2H3. The van der Waals surface area contributed by atoms with Gasteiger partial charge in [0.15, 0.2) is 0 Å². The second kappa shape index (κ2) is 23.7. The van der Waals surface area contributed by atoms with E-state index in [9.17, 15) is 0 Å². The van der Waals surface area contributed by atoms with Gasteiger partial charge in [0, 0.05) is 11.8 Å². The zero-order valence-corrected chi connectivity index (χ0v) is 47.5. The largest absolute Gasteiger partial charge is 0.0836 e. The first-order valence-corrected chi connectivity index (χ1v) is 29.1. The molecule has 2 atom stereocenters. The maximum Gasteiger partial charge on any atom is 0.0540 e. The minimum Gasteiger partial charge on any atom is -0.0836 e. The van der Waals surface area contributed by atoms with E-state index in [1.807, 2.05) is 41.5 Å². The first kappa shape index (κ1) is 53.3. The van der Waals surface area contributed by atoms with E-state index in [1.54, 1.807) is 11.1 Å². The van der Waals surface area contributed by atoms with Crippen LogP contribution in [-0.4, -0.2) is 0 Å². The fourth-order valence-corrected chi connectivity index (χ4v) is 13.3. The monoisotopic (exact) mass is 1010 g/mol. The number of hydrogen-bond acceptors (Lipinski definition) is 0. The third-order valence-corrected chi connectivity index (χ3v) is 16.4. The molecule has 10 aromatic carbocycles. The van der Waals surface area contributed by atoms with Crippen LogP contribution in [0.25, 0.3) is 77.9 Å². The maximum atomic E-state index is 2.45. The van der Waals surface area contributed by atoms with E-state index in [-0.39, 0.29) is 5.41 Å². The second-order valence-electron chi connectivity index (χ2n) is 20.7. The van der Waals surface area contributed by atoms with Crippen LogP contribution < -0.4 is 0 Å². The van der Waals surface area contributed by atoms with Gasteiger partial charge in [0.05, 0.1) is 5.41 Å². The number of fused-ring (bicyclic) bond motifs is 18. The number of allylic oxidation sites excluding steroid dienone is 6. The van der Waals surface area contributed by atoms with Gasteiger partial charge >= 0.3 is 0 Å². The molecule has 2 unspecified atom stereocenters. The predicted octanol–water partition coefficient (Wildman–Crippen LogP) is 21.9. The van der Waals surface area contributed by atoms with Crippen molar-refractivity contribution < 1.29 is 0 Å². The van der Waals surface area contributed by atoms with E-state index in [0.717, 1.165) is 0 Å². The quantitative estimate of drug-likeness (QED) is 0.162. The molecular formula is C78H76. The van der Waals surface area contributed by atoms with Crippen LogP contribution in [0.2, 0.25) is 0 Å². The van der Waals surface area contributed by atoms with Crippen LogP contribution in [-0.2, 0) is 18.3 Å². The molecule has 0 saturated carbocycles. The summed E-state index contributed by atoms with van der Waals surface area (Å²) < 4.78 is 0. The van der Waals surface area contributed by atoms with Crippen LogP contribution in [0.4, 0.5) is 0 Å². The Hall–Kier alpha value is -8.06. The lowest BCUT2D eigenvalue weighted by atomic mass is 9.65. The molecule has 1 spiro atoms. The smallest absolute Gasteiger partial charge is 0.0540 e.